The van der Waals surface area contributed by atoms with Crippen molar-refractivity contribution >= 4 is 21.7 Å². The predicted octanol–water partition coefficient (Wildman–Crippen LogP) is 1.61. The van der Waals surface area contributed by atoms with Gasteiger partial charge in [0.25, 0.3) is 5.69 Å². The quantitative estimate of drug-likeness (QED) is 0.641. The van der Waals surface area contributed by atoms with Crippen LogP contribution in [-0.2, 0) is 20.6 Å². The van der Waals surface area contributed by atoms with Crippen LogP contribution in [0.25, 0.3) is 0 Å². The highest BCUT2D eigenvalue weighted by Crippen LogP contribution is 2.26. The van der Waals surface area contributed by atoms with E-state index in [1.54, 1.807) is 6.92 Å². The smallest absolute Gasteiger partial charge is 0.307 e. The molecule has 0 radical (unpaired) electrons. The highest BCUT2D eigenvalue weighted by atomic mass is 32.2. The van der Waals surface area contributed by atoms with E-state index in [2.05, 4.69) is 0 Å². The summed E-state index contributed by atoms with van der Waals surface area (Å²) in [7, 11) is -3.68. The summed E-state index contributed by atoms with van der Waals surface area (Å²) in [5, 5.41) is 19.7. The van der Waals surface area contributed by atoms with Crippen LogP contribution in [0.3, 0.4) is 0 Å². The Morgan fingerprint density at radius 2 is 1.96 bits per heavy atom. The molecule has 0 aromatic heterocycles. The van der Waals surface area contributed by atoms with Crippen LogP contribution in [0.5, 0.6) is 0 Å². The summed E-state index contributed by atoms with van der Waals surface area (Å²) in [6, 6.07) is 5.06. The number of carboxylic acid groups (broad SMARTS) is 1. The van der Waals surface area contributed by atoms with Crippen molar-refractivity contribution in [3.63, 3.8) is 0 Å². The van der Waals surface area contributed by atoms with Crippen LogP contribution >= 0.6 is 0 Å². The van der Waals surface area contributed by atoms with Gasteiger partial charge in [-0.15, -0.1) is 0 Å². The molecule has 0 aliphatic carbocycles. The Labute approximate surface area is 133 Å². The Hall–Kier alpha value is -2.00. The topological polar surface area (TPSA) is 118 Å². The van der Waals surface area contributed by atoms with Gasteiger partial charge in [-0.1, -0.05) is 12.1 Å². The molecule has 1 fully saturated rings. The third-order valence-electron chi connectivity index (χ3n) is 4.03. The summed E-state index contributed by atoms with van der Waals surface area (Å²) in [6.07, 6.45) is 0.955. The van der Waals surface area contributed by atoms with E-state index in [1.807, 2.05) is 0 Å². The molecule has 2 atom stereocenters. The van der Waals surface area contributed by atoms with E-state index in [9.17, 15) is 23.3 Å². The summed E-state index contributed by atoms with van der Waals surface area (Å²) in [6.45, 7) is 1.72. The molecule has 2 unspecified atom stereocenters. The van der Waals surface area contributed by atoms with Crippen molar-refractivity contribution in [1.29, 1.82) is 0 Å². The van der Waals surface area contributed by atoms with E-state index < -0.39 is 26.8 Å². The molecular weight excluding hydrogens is 324 g/mol. The number of nitrogens with zero attached hydrogens (tertiary/aromatic N) is 2. The SMILES string of the molecule is CC1CCC(C(=O)O)CN1S(=O)(=O)Cc1ccc([N+](=O)[O-])cc1. The van der Waals surface area contributed by atoms with Crippen LogP contribution in [0.4, 0.5) is 5.69 Å². The number of hydrogen-bond donors (Lipinski definition) is 1. The second-order valence-electron chi connectivity index (χ2n) is 5.71. The molecule has 8 nitrogen and oxygen atoms in total. The molecule has 1 aromatic carbocycles. The van der Waals surface area contributed by atoms with Crippen LogP contribution in [0.15, 0.2) is 24.3 Å². The summed E-state index contributed by atoms with van der Waals surface area (Å²) in [5.74, 6) is -1.99. The molecule has 1 aliphatic heterocycles. The van der Waals surface area contributed by atoms with E-state index in [-0.39, 0.29) is 24.0 Å². The maximum Gasteiger partial charge on any atom is 0.307 e. The van der Waals surface area contributed by atoms with E-state index in [0.717, 1.165) is 0 Å². The molecule has 9 heteroatoms. The number of rotatable bonds is 5. The molecule has 1 saturated heterocycles. The summed E-state index contributed by atoms with van der Waals surface area (Å²) in [4.78, 5) is 21.2. The Morgan fingerprint density at radius 1 is 1.35 bits per heavy atom. The summed E-state index contributed by atoms with van der Waals surface area (Å²) in [5.41, 5.74) is 0.323. The lowest BCUT2D eigenvalue weighted by Gasteiger charge is -2.35. The van der Waals surface area contributed by atoms with Gasteiger partial charge in [-0.2, -0.15) is 4.31 Å². The Morgan fingerprint density at radius 3 is 2.48 bits per heavy atom. The number of nitro benzene ring substituents is 1. The van der Waals surface area contributed by atoms with Gasteiger partial charge in [-0.05, 0) is 25.3 Å². The fourth-order valence-electron chi connectivity index (χ4n) is 2.67. The Kier molecular flexibility index (Phi) is 5.00. The highest BCUT2D eigenvalue weighted by Gasteiger charge is 2.36. The number of carboxylic acids is 1. The lowest BCUT2D eigenvalue weighted by atomic mass is 9.96. The molecule has 2 rings (SSSR count). The molecule has 126 valence electrons. The minimum absolute atomic E-state index is 0.0359. The van der Waals surface area contributed by atoms with Gasteiger partial charge in [0.1, 0.15) is 0 Å². The van der Waals surface area contributed by atoms with E-state index >= 15 is 0 Å². The zero-order valence-corrected chi connectivity index (χ0v) is 13.4. The van der Waals surface area contributed by atoms with Crippen LogP contribution in [0, 0.1) is 16.0 Å². The third kappa shape index (κ3) is 4.05. The van der Waals surface area contributed by atoms with Crippen molar-refractivity contribution in [2.45, 2.75) is 31.6 Å². The minimum atomic E-state index is -3.68. The number of carbonyl (C=O) groups is 1. The molecule has 1 aromatic rings. The first-order chi connectivity index (χ1) is 10.7. The molecule has 23 heavy (non-hydrogen) atoms. The van der Waals surface area contributed by atoms with Crippen molar-refractivity contribution in [2.24, 2.45) is 5.92 Å². The number of non-ortho nitro benzene ring substituents is 1. The largest absolute Gasteiger partial charge is 0.481 e. The van der Waals surface area contributed by atoms with E-state index in [4.69, 9.17) is 5.11 Å². The molecule has 0 bridgehead atoms. The van der Waals surface area contributed by atoms with Gasteiger partial charge >= 0.3 is 5.97 Å². The van der Waals surface area contributed by atoms with Crippen molar-refractivity contribution in [2.75, 3.05) is 6.54 Å². The van der Waals surface area contributed by atoms with Crippen LogP contribution in [0.1, 0.15) is 25.3 Å². The first kappa shape index (κ1) is 17.4. The maximum atomic E-state index is 12.6. The molecule has 1 aliphatic rings. The third-order valence-corrected chi connectivity index (χ3v) is 5.95. The van der Waals surface area contributed by atoms with Gasteiger partial charge in [0.2, 0.25) is 10.0 Å². The zero-order valence-electron chi connectivity index (χ0n) is 12.6. The molecule has 0 amide bonds. The first-order valence-corrected chi connectivity index (χ1v) is 8.77. The van der Waals surface area contributed by atoms with E-state index in [0.29, 0.717) is 18.4 Å². The fraction of sp³-hybridized carbons (Fsp3) is 0.500. The zero-order chi connectivity index (χ0) is 17.2. The van der Waals surface area contributed by atoms with Crippen LogP contribution in [-0.4, -0.2) is 41.3 Å². The molecule has 0 spiro atoms. The van der Waals surface area contributed by atoms with Crippen molar-refractivity contribution in [1.82, 2.24) is 4.31 Å². The second kappa shape index (κ2) is 6.63. The monoisotopic (exact) mass is 342 g/mol. The normalized spacial score (nSPS) is 22.7. The van der Waals surface area contributed by atoms with Gasteiger partial charge in [0.15, 0.2) is 0 Å². The maximum absolute atomic E-state index is 12.6. The number of hydrogen-bond acceptors (Lipinski definition) is 5. The van der Waals surface area contributed by atoms with Gasteiger partial charge in [0, 0.05) is 24.7 Å². The predicted molar refractivity (Wildman–Crippen MR) is 82.2 cm³/mol. The van der Waals surface area contributed by atoms with Gasteiger partial charge < -0.3 is 5.11 Å². The lowest BCUT2D eigenvalue weighted by Crippen LogP contribution is -2.47. The summed E-state index contributed by atoms with van der Waals surface area (Å²) >= 11 is 0. The second-order valence-corrected chi connectivity index (χ2v) is 7.63. The molecule has 1 N–H and O–H groups in total. The van der Waals surface area contributed by atoms with Crippen LogP contribution < -0.4 is 0 Å². The lowest BCUT2D eigenvalue weighted by molar-refractivity contribution is -0.384. The van der Waals surface area contributed by atoms with E-state index in [1.165, 1.54) is 28.6 Å². The number of nitro groups is 1. The number of piperidine rings is 1. The fourth-order valence-corrected chi connectivity index (χ4v) is 4.51. The average molecular weight is 342 g/mol. The van der Waals surface area contributed by atoms with Gasteiger partial charge in [-0.25, -0.2) is 8.42 Å². The Balaban J connectivity index is 2.16. The van der Waals surface area contributed by atoms with Crippen molar-refractivity contribution in [3.8, 4) is 0 Å². The molecule has 0 saturated carbocycles. The van der Waals surface area contributed by atoms with Crippen molar-refractivity contribution in [3.05, 3.63) is 39.9 Å². The molecular formula is C14H18N2O6S. The standard InChI is InChI=1S/C14H18N2O6S/c1-10-2-5-12(14(17)18)8-15(10)23(21,22)9-11-3-6-13(7-4-11)16(19)20/h3-4,6-7,10,12H,2,5,8-9H2,1H3,(H,17,18). The highest BCUT2D eigenvalue weighted by molar-refractivity contribution is 7.88. The van der Waals surface area contributed by atoms with Crippen LogP contribution in [0.2, 0.25) is 0 Å². The van der Waals surface area contributed by atoms with Crippen molar-refractivity contribution < 1.29 is 23.2 Å². The van der Waals surface area contributed by atoms with Gasteiger partial charge in [-0.3, -0.25) is 14.9 Å². The number of benzene rings is 1. The number of sulfonamides is 1. The first-order valence-electron chi connectivity index (χ1n) is 7.16. The summed E-state index contributed by atoms with van der Waals surface area (Å²) < 4.78 is 26.3. The minimum Gasteiger partial charge on any atom is -0.481 e. The Bertz CT molecular complexity index is 700. The van der Waals surface area contributed by atoms with Gasteiger partial charge in [0.05, 0.1) is 16.6 Å². The number of aliphatic carboxylic acids is 1. The molecule has 1 heterocycles. The average Bonchev–Trinajstić information content (AvgIpc) is 2.47.